The van der Waals surface area contributed by atoms with Gasteiger partial charge in [0.15, 0.2) is 5.12 Å². The van der Waals surface area contributed by atoms with Crippen molar-refractivity contribution in [1.29, 1.82) is 0 Å². The van der Waals surface area contributed by atoms with Gasteiger partial charge in [0.05, 0.1) is 19.4 Å². The van der Waals surface area contributed by atoms with Crippen molar-refractivity contribution in [2.75, 3.05) is 7.11 Å². The van der Waals surface area contributed by atoms with Crippen LogP contribution in [-0.4, -0.2) is 41.3 Å². The Hall–Kier alpha value is -2.35. The first-order chi connectivity index (χ1) is 13.6. The van der Waals surface area contributed by atoms with Gasteiger partial charge in [-0.2, -0.15) is 0 Å². The minimum atomic E-state index is -0.888. The molecule has 160 valence electrons. The fourth-order valence-corrected chi connectivity index (χ4v) is 4.06. The van der Waals surface area contributed by atoms with Crippen LogP contribution in [0.1, 0.15) is 39.2 Å². The minimum Gasteiger partial charge on any atom is -0.469 e. The first kappa shape index (κ1) is 24.7. The average Bonchev–Trinajstić information content (AvgIpc) is 2.65. The molecule has 0 radical (unpaired) electrons. The van der Waals surface area contributed by atoms with E-state index in [2.05, 4.69) is 5.32 Å². The predicted octanol–water partition coefficient (Wildman–Crippen LogP) is 2.07. The molecule has 1 aromatic rings. The third-order valence-electron chi connectivity index (χ3n) is 4.37. The highest BCUT2D eigenvalue weighted by molar-refractivity contribution is 8.14. The number of primary amides is 1. The maximum absolute atomic E-state index is 13.1. The number of esters is 1. The normalized spacial score (nSPS) is 14.0. The summed E-state index contributed by atoms with van der Waals surface area (Å²) in [6, 6.07) is 8.34. The fourth-order valence-electron chi connectivity index (χ4n) is 3.01. The van der Waals surface area contributed by atoms with Gasteiger partial charge in [-0.05, 0) is 17.9 Å². The zero-order valence-corrected chi connectivity index (χ0v) is 18.2. The number of carbonyl (C=O) groups excluding carboxylic acids is 4. The van der Waals surface area contributed by atoms with Crippen LogP contribution in [0.4, 0.5) is 0 Å². The Morgan fingerprint density at radius 2 is 1.76 bits per heavy atom. The molecule has 0 aliphatic carbocycles. The van der Waals surface area contributed by atoms with Crippen LogP contribution < -0.4 is 11.1 Å². The SMILES string of the molecule is COC(=O)CC(SC(C)=O)C(CC(C)C)C(=O)N[C@@H](Cc1ccccc1)C(N)=O. The summed E-state index contributed by atoms with van der Waals surface area (Å²) in [5.74, 6) is -2.06. The highest BCUT2D eigenvalue weighted by Crippen LogP contribution is 2.29. The molecule has 1 rings (SSSR count). The van der Waals surface area contributed by atoms with Gasteiger partial charge in [-0.3, -0.25) is 19.2 Å². The highest BCUT2D eigenvalue weighted by atomic mass is 32.2. The first-order valence-electron chi connectivity index (χ1n) is 9.51. The molecule has 8 heteroatoms. The van der Waals surface area contributed by atoms with Crippen LogP contribution in [0.15, 0.2) is 30.3 Å². The van der Waals surface area contributed by atoms with Crippen molar-refractivity contribution in [2.45, 2.75) is 51.3 Å². The van der Waals surface area contributed by atoms with E-state index in [-0.39, 0.29) is 23.9 Å². The molecule has 0 fully saturated rings. The first-order valence-corrected chi connectivity index (χ1v) is 10.4. The molecule has 0 bridgehead atoms. The Labute approximate surface area is 176 Å². The molecule has 0 aliphatic rings. The Balaban J connectivity index is 3.05. The quantitative estimate of drug-likeness (QED) is 0.528. The smallest absolute Gasteiger partial charge is 0.306 e. The van der Waals surface area contributed by atoms with E-state index >= 15 is 0 Å². The fraction of sp³-hybridized carbons (Fsp3) is 0.524. The second kappa shape index (κ2) is 12.3. The second-order valence-electron chi connectivity index (χ2n) is 7.32. The van der Waals surface area contributed by atoms with E-state index in [1.165, 1.54) is 14.0 Å². The van der Waals surface area contributed by atoms with Crippen LogP contribution in [0.3, 0.4) is 0 Å². The lowest BCUT2D eigenvalue weighted by molar-refractivity contribution is -0.141. The molecule has 0 saturated carbocycles. The summed E-state index contributed by atoms with van der Waals surface area (Å²) in [4.78, 5) is 48.6. The molecule has 29 heavy (non-hydrogen) atoms. The number of ether oxygens (including phenoxy) is 1. The molecule has 2 unspecified atom stereocenters. The predicted molar refractivity (Wildman–Crippen MR) is 113 cm³/mol. The summed E-state index contributed by atoms with van der Waals surface area (Å²) >= 11 is 0.944. The number of nitrogens with two attached hydrogens (primary N) is 1. The largest absolute Gasteiger partial charge is 0.469 e. The molecular formula is C21H30N2O5S. The van der Waals surface area contributed by atoms with E-state index in [0.29, 0.717) is 6.42 Å². The van der Waals surface area contributed by atoms with Crippen molar-refractivity contribution in [3.63, 3.8) is 0 Å². The van der Waals surface area contributed by atoms with Gasteiger partial charge >= 0.3 is 5.97 Å². The number of hydrogen-bond acceptors (Lipinski definition) is 6. The van der Waals surface area contributed by atoms with E-state index < -0.39 is 35.0 Å². The van der Waals surface area contributed by atoms with Gasteiger partial charge in [0, 0.05) is 18.6 Å². The van der Waals surface area contributed by atoms with Gasteiger partial charge in [-0.1, -0.05) is 55.9 Å². The van der Waals surface area contributed by atoms with Crippen molar-refractivity contribution in [3.8, 4) is 0 Å². The summed E-state index contributed by atoms with van der Waals surface area (Å²) < 4.78 is 4.73. The molecular weight excluding hydrogens is 392 g/mol. The zero-order valence-electron chi connectivity index (χ0n) is 17.3. The summed E-state index contributed by atoms with van der Waals surface area (Å²) in [7, 11) is 1.26. The van der Waals surface area contributed by atoms with E-state index in [9.17, 15) is 19.2 Å². The minimum absolute atomic E-state index is 0.0779. The number of amides is 2. The molecule has 0 spiro atoms. The highest BCUT2D eigenvalue weighted by Gasteiger charge is 2.34. The summed E-state index contributed by atoms with van der Waals surface area (Å²) in [5.41, 5.74) is 6.37. The lowest BCUT2D eigenvalue weighted by Crippen LogP contribution is -2.49. The van der Waals surface area contributed by atoms with Crippen LogP contribution in [-0.2, 0) is 30.3 Å². The van der Waals surface area contributed by atoms with Crippen LogP contribution in [0.2, 0.25) is 0 Å². The average molecular weight is 423 g/mol. The van der Waals surface area contributed by atoms with Gasteiger partial charge in [-0.25, -0.2) is 0 Å². The van der Waals surface area contributed by atoms with Crippen molar-refractivity contribution in [2.24, 2.45) is 17.6 Å². The van der Waals surface area contributed by atoms with Gasteiger partial charge in [0.2, 0.25) is 11.8 Å². The number of nitrogens with one attached hydrogen (secondary N) is 1. The van der Waals surface area contributed by atoms with E-state index in [1.54, 1.807) is 0 Å². The van der Waals surface area contributed by atoms with E-state index in [1.807, 2.05) is 44.2 Å². The molecule has 0 aromatic heterocycles. The van der Waals surface area contributed by atoms with Crippen molar-refractivity contribution >= 4 is 34.7 Å². The summed E-state index contributed by atoms with van der Waals surface area (Å²) in [6.45, 7) is 5.29. The number of hydrogen-bond donors (Lipinski definition) is 2. The summed E-state index contributed by atoms with van der Waals surface area (Å²) in [5, 5.41) is 1.94. The van der Waals surface area contributed by atoms with Crippen molar-refractivity contribution in [3.05, 3.63) is 35.9 Å². The number of methoxy groups -OCH3 is 1. The third-order valence-corrected chi connectivity index (χ3v) is 5.50. The number of rotatable bonds is 11. The van der Waals surface area contributed by atoms with Crippen LogP contribution in [0, 0.1) is 11.8 Å². The number of benzene rings is 1. The summed E-state index contributed by atoms with van der Waals surface area (Å²) in [6.07, 6.45) is 0.633. The second-order valence-corrected chi connectivity index (χ2v) is 8.73. The van der Waals surface area contributed by atoms with Crippen LogP contribution in [0.25, 0.3) is 0 Å². The Morgan fingerprint density at radius 3 is 2.24 bits per heavy atom. The van der Waals surface area contributed by atoms with Gasteiger partial charge in [0.25, 0.3) is 0 Å². The maximum atomic E-state index is 13.1. The lowest BCUT2D eigenvalue weighted by atomic mass is 9.91. The molecule has 1 aromatic carbocycles. The van der Waals surface area contributed by atoms with Crippen molar-refractivity contribution < 1.29 is 23.9 Å². The Morgan fingerprint density at radius 1 is 1.14 bits per heavy atom. The van der Waals surface area contributed by atoms with Gasteiger partial charge in [0.1, 0.15) is 6.04 Å². The molecule has 3 N–H and O–H groups in total. The Bertz CT molecular complexity index is 708. The molecule has 3 atom stereocenters. The maximum Gasteiger partial charge on any atom is 0.306 e. The third kappa shape index (κ3) is 9.13. The molecule has 7 nitrogen and oxygen atoms in total. The van der Waals surface area contributed by atoms with Gasteiger partial charge < -0.3 is 15.8 Å². The molecule has 0 saturated heterocycles. The van der Waals surface area contributed by atoms with E-state index in [0.717, 1.165) is 17.3 Å². The molecule has 2 amide bonds. The Kier molecular flexibility index (Phi) is 10.4. The number of carbonyl (C=O) groups is 4. The zero-order chi connectivity index (χ0) is 22.0. The molecule has 0 aliphatic heterocycles. The monoisotopic (exact) mass is 422 g/mol. The van der Waals surface area contributed by atoms with Gasteiger partial charge in [-0.15, -0.1) is 0 Å². The molecule has 0 heterocycles. The van der Waals surface area contributed by atoms with Crippen LogP contribution >= 0.6 is 11.8 Å². The van der Waals surface area contributed by atoms with Crippen molar-refractivity contribution in [1.82, 2.24) is 5.32 Å². The van der Waals surface area contributed by atoms with Crippen LogP contribution in [0.5, 0.6) is 0 Å². The standard InChI is InChI=1S/C21H30N2O5S/c1-13(2)10-16(18(29-14(3)24)12-19(25)28-4)21(27)23-17(20(22)26)11-15-8-6-5-7-9-15/h5-9,13,16-18H,10-12H2,1-4H3,(H2,22,26)(H,23,27)/t16?,17-,18?/m0/s1. The number of thioether (sulfide) groups is 1. The van der Waals surface area contributed by atoms with E-state index in [4.69, 9.17) is 10.5 Å². The topological polar surface area (TPSA) is 116 Å². The lowest BCUT2D eigenvalue weighted by Gasteiger charge is -2.27.